The molecule has 0 aliphatic rings. The first kappa shape index (κ1) is 17.7. The molecule has 21 heavy (non-hydrogen) atoms. The van der Waals surface area contributed by atoms with Gasteiger partial charge in [0, 0.05) is 18.3 Å². The summed E-state index contributed by atoms with van der Waals surface area (Å²) in [4.78, 5) is 11.1. The molecule has 1 aromatic rings. The third kappa shape index (κ3) is 4.05. The van der Waals surface area contributed by atoms with Crippen LogP contribution in [-0.2, 0) is 10.0 Å². The van der Waals surface area contributed by atoms with Gasteiger partial charge in [-0.1, -0.05) is 13.8 Å². The minimum absolute atomic E-state index is 0.0871. The maximum Gasteiger partial charge on any atom is 0.352 e. The average Bonchev–Trinajstić information content (AvgIpc) is 2.81. The number of aliphatic hydroxyl groups is 1. The Morgan fingerprint density at radius 3 is 2.24 bits per heavy atom. The van der Waals surface area contributed by atoms with Gasteiger partial charge in [0.15, 0.2) is 0 Å². The third-order valence-corrected chi connectivity index (χ3v) is 4.67. The van der Waals surface area contributed by atoms with Crippen molar-refractivity contribution in [2.45, 2.75) is 44.7 Å². The summed E-state index contributed by atoms with van der Waals surface area (Å²) in [7, 11) is -3.88. The van der Waals surface area contributed by atoms with Gasteiger partial charge >= 0.3 is 5.97 Å². The number of aromatic carboxylic acids is 1. The van der Waals surface area contributed by atoms with Crippen molar-refractivity contribution in [2.75, 3.05) is 6.61 Å². The number of sulfonamides is 1. The summed E-state index contributed by atoms with van der Waals surface area (Å²) in [6.45, 7) is 6.77. The number of rotatable bonds is 7. The van der Waals surface area contributed by atoms with Crippen molar-refractivity contribution < 1.29 is 23.4 Å². The maximum atomic E-state index is 12.3. The molecule has 1 rings (SSSR count). The Kier molecular flexibility index (Phi) is 5.54. The Bertz CT molecular complexity index is 604. The summed E-state index contributed by atoms with van der Waals surface area (Å²) in [5.74, 6) is -1.27. The van der Waals surface area contributed by atoms with E-state index in [1.54, 1.807) is 27.7 Å². The van der Waals surface area contributed by atoms with Crippen molar-refractivity contribution in [3.63, 3.8) is 0 Å². The number of aliphatic hydroxyl groups excluding tert-OH is 1. The van der Waals surface area contributed by atoms with Crippen molar-refractivity contribution >= 4 is 16.0 Å². The van der Waals surface area contributed by atoms with Crippen LogP contribution in [0.25, 0.3) is 0 Å². The molecular weight excluding hydrogens is 296 g/mol. The highest BCUT2D eigenvalue weighted by Gasteiger charge is 2.26. The zero-order chi connectivity index (χ0) is 16.4. The van der Waals surface area contributed by atoms with Gasteiger partial charge in [-0.15, -0.1) is 0 Å². The molecule has 0 spiro atoms. The molecule has 0 fully saturated rings. The van der Waals surface area contributed by atoms with Crippen LogP contribution in [-0.4, -0.2) is 41.8 Å². The lowest BCUT2D eigenvalue weighted by Gasteiger charge is -2.19. The summed E-state index contributed by atoms with van der Waals surface area (Å²) in [6.07, 6.45) is 1.30. The molecule has 1 aromatic heterocycles. The number of carboxylic acids is 1. The molecule has 0 aliphatic heterocycles. The van der Waals surface area contributed by atoms with Crippen LogP contribution in [0.5, 0.6) is 0 Å². The van der Waals surface area contributed by atoms with Crippen LogP contribution in [0.3, 0.4) is 0 Å². The first-order valence-corrected chi connectivity index (χ1v) is 8.16. The fraction of sp³-hybridized carbons (Fsp3) is 0.615. The zero-order valence-electron chi connectivity index (χ0n) is 12.6. The van der Waals surface area contributed by atoms with E-state index in [-0.39, 0.29) is 29.2 Å². The van der Waals surface area contributed by atoms with Crippen LogP contribution >= 0.6 is 0 Å². The minimum Gasteiger partial charge on any atom is -0.477 e. The Morgan fingerprint density at radius 2 is 1.90 bits per heavy atom. The van der Waals surface area contributed by atoms with Gasteiger partial charge in [-0.25, -0.2) is 17.9 Å². The number of carboxylic acid groups (broad SMARTS) is 1. The predicted molar refractivity (Wildman–Crippen MR) is 77.8 cm³/mol. The molecular formula is C13H22N2O5S. The fourth-order valence-corrected chi connectivity index (χ4v) is 3.25. The average molecular weight is 318 g/mol. The molecule has 8 heteroatoms. The van der Waals surface area contributed by atoms with Crippen LogP contribution < -0.4 is 4.72 Å². The van der Waals surface area contributed by atoms with Crippen molar-refractivity contribution in [1.29, 1.82) is 0 Å². The summed E-state index contributed by atoms with van der Waals surface area (Å²) in [5, 5.41) is 18.4. The molecule has 0 radical (unpaired) electrons. The number of carbonyl (C=O) groups is 1. The molecule has 120 valence electrons. The number of nitrogens with zero attached hydrogens (tertiary/aromatic N) is 1. The highest BCUT2D eigenvalue weighted by atomic mass is 32.2. The lowest BCUT2D eigenvalue weighted by molar-refractivity contribution is 0.0683. The first-order chi connectivity index (χ1) is 9.60. The van der Waals surface area contributed by atoms with Crippen LogP contribution in [0.15, 0.2) is 17.2 Å². The molecule has 7 nitrogen and oxygen atoms in total. The van der Waals surface area contributed by atoms with Crippen LogP contribution in [0.4, 0.5) is 0 Å². The van der Waals surface area contributed by atoms with E-state index in [0.29, 0.717) is 0 Å². The van der Waals surface area contributed by atoms with E-state index in [4.69, 9.17) is 5.11 Å². The second kappa shape index (κ2) is 6.59. The fourth-order valence-electron chi connectivity index (χ4n) is 1.85. The molecule has 1 atom stereocenters. The largest absolute Gasteiger partial charge is 0.477 e. The lowest BCUT2D eigenvalue weighted by Crippen LogP contribution is -2.40. The van der Waals surface area contributed by atoms with Gasteiger partial charge in [-0.05, 0) is 25.8 Å². The van der Waals surface area contributed by atoms with E-state index in [0.717, 1.165) is 6.07 Å². The van der Waals surface area contributed by atoms with E-state index in [2.05, 4.69) is 4.72 Å². The second-order valence-corrected chi connectivity index (χ2v) is 7.24. The SMILES string of the molecule is CC(C)[C@@H](CO)NS(=O)(=O)c1cc(C(=O)O)n(C(C)C)c1. The standard InChI is InChI=1S/C13H22N2O5S/c1-8(2)11(7-16)14-21(19,20)10-5-12(13(17)18)15(6-10)9(3)4/h5-6,8-9,11,14,16H,7H2,1-4H3,(H,17,18)/t11-/m1/s1. The van der Waals surface area contributed by atoms with Crippen LogP contribution in [0, 0.1) is 5.92 Å². The molecule has 0 aliphatic carbocycles. The highest BCUT2D eigenvalue weighted by Crippen LogP contribution is 2.20. The van der Waals surface area contributed by atoms with Crippen LogP contribution in [0.2, 0.25) is 0 Å². The predicted octanol–water partition coefficient (Wildman–Crippen LogP) is 1.06. The topological polar surface area (TPSA) is 109 Å². The van der Waals surface area contributed by atoms with Crippen LogP contribution in [0.1, 0.15) is 44.2 Å². The van der Waals surface area contributed by atoms with E-state index in [9.17, 15) is 18.3 Å². The van der Waals surface area contributed by atoms with Gasteiger partial charge in [0.1, 0.15) is 10.6 Å². The highest BCUT2D eigenvalue weighted by molar-refractivity contribution is 7.89. The van der Waals surface area contributed by atoms with Crippen molar-refractivity contribution in [3.05, 3.63) is 18.0 Å². The lowest BCUT2D eigenvalue weighted by atomic mass is 10.1. The van der Waals surface area contributed by atoms with Gasteiger partial charge in [-0.2, -0.15) is 0 Å². The van der Waals surface area contributed by atoms with Gasteiger partial charge in [0.2, 0.25) is 10.0 Å². The van der Waals surface area contributed by atoms with E-state index >= 15 is 0 Å². The molecule has 0 aromatic carbocycles. The molecule has 0 amide bonds. The minimum atomic E-state index is -3.88. The number of nitrogens with one attached hydrogen (secondary N) is 1. The Balaban J connectivity index is 3.20. The Hall–Kier alpha value is -1.38. The van der Waals surface area contributed by atoms with E-state index in [1.165, 1.54) is 10.8 Å². The third-order valence-electron chi connectivity index (χ3n) is 3.22. The first-order valence-electron chi connectivity index (χ1n) is 6.68. The van der Waals surface area contributed by atoms with Crippen molar-refractivity contribution in [1.82, 2.24) is 9.29 Å². The molecule has 0 saturated carbocycles. The van der Waals surface area contributed by atoms with E-state index in [1.807, 2.05) is 0 Å². The molecule has 1 heterocycles. The quantitative estimate of drug-likeness (QED) is 0.696. The maximum absolute atomic E-state index is 12.3. The summed E-state index contributed by atoms with van der Waals surface area (Å²) in [5.41, 5.74) is -0.0875. The smallest absolute Gasteiger partial charge is 0.352 e. The summed E-state index contributed by atoms with van der Waals surface area (Å²) in [6, 6.07) is 0.323. The zero-order valence-corrected chi connectivity index (χ0v) is 13.4. The number of hydrogen-bond donors (Lipinski definition) is 3. The Morgan fingerprint density at radius 1 is 1.33 bits per heavy atom. The number of hydrogen-bond acceptors (Lipinski definition) is 4. The second-order valence-electron chi connectivity index (χ2n) is 5.52. The van der Waals surface area contributed by atoms with Crippen molar-refractivity contribution in [2.24, 2.45) is 5.92 Å². The molecule has 3 N–H and O–H groups in total. The molecule has 0 unspecified atom stereocenters. The van der Waals surface area contributed by atoms with Gasteiger partial charge in [0.25, 0.3) is 0 Å². The number of aromatic nitrogens is 1. The summed E-state index contributed by atoms with van der Waals surface area (Å²) >= 11 is 0. The molecule has 0 bridgehead atoms. The van der Waals surface area contributed by atoms with Gasteiger partial charge < -0.3 is 14.8 Å². The normalized spacial score (nSPS) is 13.9. The Labute approximate surface area is 124 Å². The van der Waals surface area contributed by atoms with Gasteiger partial charge in [-0.3, -0.25) is 0 Å². The monoisotopic (exact) mass is 318 g/mol. The van der Waals surface area contributed by atoms with Gasteiger partial charge in [0.05, 0.1) is 6.61 Å². The van der Waals surface area contributed by atoms with E-state index < -0.39 is 22.0 Å². The van der Waals surface area contributed by atoms with Crippen molar-refractivity contribution in [3.8, 4) is 0 Å². The summed E-state index contributed by atoms with van der Waals surface area (Å²) < 4.78 is 28.4. The molecule has 0 saturated heterocycles.